The number of likely N-dealkylation sites (tertiary alicyclic amines) is 2. The number of carbonyl (C=O) groups excluding carboxylic acids is 2. The van der Waals surface area contributed by atoms with E-state index in [0.29, 0.717) is 25.2 Å². The van der Waals surface area contributed by atoms with Crippen LogP contribution in [0.25, 0.3) is 0 Å². The maximum atomic E-state index is 13.0. The minimum absolute atomic E-state index is 0.0413. The molecule has 25 heavy (non-hydrogen) atoms. The fourth-order valence-electron chi connectivity index (χ4n) is 4.04. The Balaban J connectivity index is 1.69. The van der Waals surface area contributed by atoms with Crippen molar-refractivity contribution in [1.82, 2.24) is 14.8 Å². The Bertz CT molecular complexity index is 627. The first-order chi connectivity index (χ1) is 11.9. The van der Waals surface area contributed by atoms with Crippen molar-refractivity contribution in [2.24, 2.45) is 5.92 Å². The monoisotopic (exact) mass is 345 g/mol. The van der Waals surface area contributed by atoms with E-state index in [1.165, 1.54) is 0 Å². The van der Waals surface area contributed by atoms with Gasteiger partial charge < -0.3 is 14.9 Å². The average Bonchev–Trinajstić information content (AvgIpc) is 3.11. The average molecular weight is 345 g/mol. The van der Waals surface area contributed by atoms with Crippen molar-refractivity contribution >= 4 is 11.8 Å². The zero-order valence-electron chi connectivity index (χ0n) is 15.0. The van der Waals surface area contributed by atoms with Crippen LogP contribution in [0.1, 0.15) is 49.9 Å². The summed E-state index contributed by atoms with van der Waals surface area (Å²) in [5, 5.41) is 10.4. The lowest BCUT2D eigenvalue weighted by Crippen LogP contribution is -2.52. The van der Waals surface area contributed by atoms with Crippen LogP contribution in [0.15, 0.2) is 24.5 Å². The number of aliphatic hydroxyl groups is 1. The zero-order chi connectivity index (χ0) is 18.0. The first kappa shape index (κ1) is 17.9. The number of hydrogen-bond acceptors (Lipinski definition) is 4. The fraction of sp³-hybridized carbons (Fsp3) is 0.632. The largest absolute Gasteiger partial charge is 0.388 e. The molecule has 0 aromatic carbocycles. The zero-order valence-corrected chi connectivity index (χ0v) is 15.0. The number of amides is 2. The molecule has 0 aliphatic carbocycles. The minimum atomic E-state index is -0.895. The number of piperidine rings is 1. The number of hydrogen-bond donors (Lipinski definition) is 1. The van der Waals surface area contributed by atoms with Crippen molar-refractivity contribution in [2.75, 3.05) is 19.6 Å². The third-order valence-electron chi connectivity index (χ3n) is 5.34. The Morgan fingerprint density at radius 1 is 1.16 bits per heavy atom. The van der Waals surface area contributed by atoms with Crippen molar-refractivity contribution in [3.05, 3.63) is 30.1 Å². The van der Waals surface area contributed by atoms with E-state index in [2.05, 4.69) is 4.98 Å². The number of carbonyl (C=O) groups is 2. The molecule has 0 spiro atoms. The van der Waals surface area contributed by atoms with Crippen LogP contribution >= 0.6 is 0 Å². The molecule has 0 saturated carbocycles. The van der Waals surface area contributed by atoms with Crippen molar-refractivity contribution in [3.8, 4) is 0 Å². The van der Waals surface area contributed by atoms with E-state index in [-0.39, 0.29) is 23.8 Å². The second kappa shape index (κ2) is 7.12. The molecule has 6 nitrogen and oxygen atoms in total. The standard InChI is InChI=1S/C19H27N3O3/c1-19(2,25)16-6-4-12-22(16)18(24)15-5-3-11-21(13-15)17(23)14-7-9-20-10-8-14/h7-10,15-16,25H,3-6,11-13H2,1-2H3/t15-,16-/m0/s1. The van der Waals surface area contributed by atoms with Gasteiger partial charge in [-0.3, -0.25) is 14.6 Å². The molecule has 0 unspecified atom stereocenters. The van der Waals surface area contributed by atoms with Crippen LogP contribution in [0.3, 0.4) is 0 Å². The maximum Gasteiger partial charge on any atom is 0.253 e. The first-order valence-electron chi connectivity index (χ1n) is 9.10. The van der Waals surface area contributed by atoms with Gasteiger partial charge in [0.25, 0.3) is 5.91 Å². The van der Waals surface area contributed by atoms with Gasteiger partial charge in [-0.05, 0) is 51.7 Å². The highest BCUT2D eigenvalue weighted by Gasteiger charge is 2.41. The van der Waals surface area contributed by atoms with E-state index >= 15 is 0 Å². The topological polar surface area (TPSA) is 73.7 Å². The van der Waals surface area contributed by atoms with E-state index in [0.717, 1.165) is 25.7 Å². The van der Waals surface area contributed by atoms with Crippen LogP contribution in [0, 0.1) is 5.92 Å². The van der Waals surface area contributed by atoms with E-state index < -0.39 is 5.60 Å². The van der Waals surface area contributed by atoms with E-state index in [9.17, 15) is 14.7 Å². The first-order valence-corrected chi connectivity index (χ1v) is 9.10. The van der Waals surface area contributed by atoms with E-state index in [4.69, 9.17) is 0 Å². The number of aromatic nitrogens is 1. The van der Waals surface area contributed by atoms with E-state index in [1.807, 2.05) is 4.90 Å². The van der Waals surface area contributed by atoms with Gasteiger partial charge in [0, 0.05) is 37.6 Å². The lowest BCUT2D eigenvalue weighted by molar-refractivity contribution is -0.142. The number of nitrogens with zero attached hydrogens (tertiary/aromatic N) is 3. The number of pyridine rings is 1. The molecule has 1 N–H and O–H groups in total. The van der Waals surface area contributed by atoms with Gasteiger partial charge in [-0.15, -0.1) is 0 Å². The molecule has 1 aromatic heterocycles. The summed E-state index contributed by atoms with van der Waals surface area (Å²) in [6.45, 7) is 5.37. The molecule has 2 saturated heterocycles. The molecule has 3 heterocycles. The minimum Gasteiger partial charge on any atom is -0.388 e. The van der Waals surface area contributed by atoms with Crippen LogP contribution in [-0.2, 0) is 4.79 Å². The van der Waals surface area contributed by atoms with Gasteiger partial charge in [0.05, 0.1) is 17.6 Å². The molecule has 136 valence electrons. The molecule has 3 rings (SSSR count). The van der Waals surface area contributed by atoms with Crippen LogP contribution in [0.4, 0.5) is 0 Å². The van der Waals surface area contributed by atoms with Crippen molar-refractivity contribution in [3.63, 3.8) is 0 Å². The van der Waals surface area contributed by atoms with Gasteiger partial charge in [-0.1, -0.05) is 0 Å². The van der Waals surface area contributed by atoms with Crippen molar-refractivity contribution in [2.45, 2.75) is 51.2 Å². The second-order valence-electron chi connectivity index (χ2n) is 7.67. The Morgan fingerprint density at radius 2 is 1.84 bits per heavy atom. The second-order valence-corrected chi connectivity index (χ2v) is 7.67. The summed E-state index contributed by atoms with van der Waals surface area (Å²) in [4.78, 5) is 33.2. The summed E-state index contributed by atoms with van der Waals surface area (Å²) in [5.41, 5.74) is -0.286. The van der Waals surface area contributed by atoms with Crippen LogP contribution in [-0.4, -0.2) is 63.0 Å². The maximum absolute atomic E-state index is 13.0. The van der Waals surface area contributed by atoms with Gasteiger partial charge in [-0.25, -0.2) is 0 Å². The van der Waals surface area contributed by atoms with Crippen LogP contribution in [0.5, 0.6) is 0 Å². The lowest BCUT2D eigenvalue weighted by Gasteiger charge is -2.38. The molecule has 0 bridgehead atoms. The van der Waals surface area contributed by atoms with Gasteiger partial charge in [0.1, 0.15) is 0 Å². The molecule has 2 aliphatic rings. The molecule has 6 heteroatoms. The van der Waals surface area contributed by atoms with Gasteiger partial charge >= 0.3 is 0 Å². The van der Waals surface area contributed by atoms with Crippen molar-refractivity contribution < 1.29 is 14.7 Å². The normalized spacial score (nSPS) is 24.4. The summed E-state index contributed by atoms with van der Waals surface area (Å²) in [7, 11) is 0. The summed E-state index contributed by atoms with van der Waals surface area (Å²) in [6, 6.07) is 3.28. The van der Waals surface area contributed by atoms with Gasteiger partial charge in [0.2, 0.25) is 5.91 Å². The van der Waals surface area contributed by atoms with Crippen molar-refractivity contribution in [1.29, 1.82) is 0 Å². The summed E-state index contributed by atoms with van der Waals surface area (Å²) >= 11 is 0. The third kappa shape index (κ3) is 3.84. The molecule has 1 aromatic rings. The SMILES string of the molecule is CC(C)(O)[C@@H]1CCCN1C(=O)[C@H]1CCCN(C(=O)c2ccncc2)C1. The fourth-order valence-corrected chi connectivity index (χ4v) is 4.04. The molecular formula is C19H27N3O3. The molecule has 0 radical (unpaired) electrons. The third-order valence-corrected chi connectivity index (χ3v) is 5.34. The molecule has 2 aliphatic heterocycles. The quantitative estimate of drug-likeness (QED) is 0.905. The predicted octanol–water partition coefficient (Wildman–Crippen LogP) is 1.70. The summed E-state index contributed by atoms with van der Waals surface area (Å²) in [5.74, 6) is -0.139. The van der Waals surface area contributed by atoms with Gasteiger partial charge in [-0.2, -0.15) is 0 Å². The van der Waals surface area contributed by atoms with Crippen LogP contribution in [0.2, 0.25) is 0 Å². The Kier molecular flexibility index (Phi) is 5.08. The highest BCUT2D eigenvalue weighted by Crippen LogP contribution is 2.30. The smallest absolute Gasteiger partial charge is 0.253 e. The molecule has 2 fully saturated rings. The predicted molar refractivity (Wildman–Crippen MR) is 93.9 cm³/mol. The molecule has 2 amide bonds. The summed E-state index contributed by atoms with van der Waals surface area (Å²) in [6.07, 6.45) is 6.60. The van der Waals surface area contributed by atoms with Crippen LogP contribution < -0.4 is 0 Å². The Morgan fingerprint density at radius 3 is 2.52 bits per heavy atom. The Hall–Kier alpha value is -1.95. The van der Waals surface area contributed by atoms with Gasteiger partial charge in [0.15, 0.2) is 0 Å². The van der Waals surface area contributed by atoms with E-state index in [1.54, 1.807) is 43.3 Å². The Labute approximate surface area is 148 Å². The lowest BCUT2D eigenvalue weighted by atomic mass is 9.92. The highest BCUT2D eigenvalue weighted by molar-refractivity contribution is 5.94. The molecular weight excluding hydrogens is 318 g/mol. The summed E-state index contributed by atoms with van der Waals surface area (Å²) < 4.78 is 0. The molecule has 2 atom stereocenters. The highest BCUT2D eigenvalue weighted by atomic mass is 16.3. The number of rotatable bonds is 3.